The van der Waals surface area contributed by atoms with Crippen molar-refractivity contribution in [3.8, 4) is 5.75 Å². The van der Waals surface area contributed by atoms with E-state index in [1.165, 1.54) is 54.2 Å². The number of aromatic amines is 1. The molecule has 1 aromatic heterocycles. The molecule has 0 aliphatic carbocycles. The number of nitro groups is 1. The molecule has 3 N–H and O–H groups in total. The van der Waals surface area contributed by atoms with Crippen LogP contribution >= 0.6 is 11.8 Å². The van der Waals surface area contributed by atoms with Crippen LogP contribution in [0.2, 0.25) is 0 Å². The Labute approximate surface area is 192 Å². The van der Waals surface area contributed by atoms with Gasteiger partial charge in [-0.2, -0.15) is 5.10 Å². The van der Waals surface area contributed by atoms with Gasteiger partial charge in [-0.15, -0.1) is 0 Å². The highest BCUT2D eigenvalue weighted by molar-refractivity contribution is 7.99. The Kier molecular flexibility index (Phi) is 7.57. The Hall–Kier alpha value is -3.99. The van der Waals surface area contributed by atoms with Gasteiger partial charge in [-0.1, -0.05) is 36.9 Å². The van der Waals surface area contributed by atoms with Crippen molar-refractivity contribution in [2.24, 2.45) is 5.10 Å². The predicted molar refractivity (Wildman–Crippen MR) is 125 cm³/mol. The number of nitrogens with zero attached hydrogens (tertiary/aromatic N) is 3. The van der Waals surface area contributed by atoms with Crippen LogP contribution in [0.1, 0.15) is 34.1 Å². The summed E-state index contributed by atoms with van der Waals surface area (Å²) < 4.78 is 0. The maximum Gasteiger partial charge on any atom is 0.271 e. The number of non-ortho nitro benzene ring substituents is 1. The average molecular weight is 468 g/mol. The topological polar surface area (TPSA) is 151 Å². The molecule has 0 fully saturated rings. The average Bonchev–Trinajstić information content (AvgIpc) is 2.79. The van der Waals surface area contributed by atoms with Gasteiger partial charge in [-0.05, 0) is 31.5 Å². The number of aromatic nitrogens is 2. The van der Waals surface area contributed by atoms with Crippen LogP contribution in [0.15, 0.2) is 63.6 Å². The van der Waals surface area contributed by atoms with Crippen molar-refractivity contribution < 1.29 is 14.8 Å². The molecular formula is C22H21N5O5S. The van der Waals surface area contributed by atoms with Crippen molar-refractivity contribution >= 4 is 29.1 Å². The number of H-pyrrole nitrogens is 1. The standard InChI is InChI=1S/C22H21N5O5S/c1-3-18-13(2)23-22(24-21(18)30)33-12-19(14-6-4-8-16(10-14)27(31)32)25-26-20(29)15-7-5-9-17(28)11-15/h4-11,28H,3,12H2,1-2H3,(H,26,29)(H,23,24,30). The molecule has 2 aromatic carbocycles. The van der Waals surface area contributed by atoms with Gasteiger partial charge in [0.2, 0.25) is 0 Å². The third kappa shape index (κ3) is 6.04. The first-order valence-corrected chi connectivity index (χ1v) is 10.9. The molecule has 33 heavy (non-hydrogen) atoms. The zero-order valence-corrected chi connectivity index (χ0v) is 18.7. The van der Waals surface area contributed by atoms with Gasteiger partial charge in [-0.3, -0.25) is 19.7 Å². The molecule has 1 amide bonds. The lowest BCUT2D eigenvalue weighted by Gasteiger charge is -2.09. The predicted octanol–water partition coefficient (Wildman–Crippen LogP) is 3.18. The molecule has 11 heteroatoms. The third-order valence-electron chi connectivity index (χ3n) is 4.69. The molecule has 3 rings (SSSR count). The highest BCUT2D eigenvalue weighted by Gasteiger charge is 2.14. The number of nitrogens with one attached hydrogen (secondary N) is 2. The third-order valence-corrected chi connectivity index (χ3v) is 5.58. The maximum absolute atomic E-state index is 12.4. The molecular weight excluding hydrogens is 446 g/mol. The Bertz CT molecular complexity index is 1290. The SMILES string of the molecule is CCc1c(C)nc(SCC(=NNC(=O)c2cccc(O)c2)c2cccc([N+](=O)[O-])c2)[nH]c1=O. The number of nitro benzene ring substituents is 1. The summed E-state index contributed by atoms with van der Waals surface area (Å²) in [6, 6.07) is 11.6. The highest BCUT2D eigenvalue weighted by Crippen LogP contribution is 2.19. The molecule has 0 saturated heterocycles. The number of hydrogen-bond acceptors (Lipinski definition) is 8. The lowest BCUT2D eigenvalue weighted by Crippen LogP contribution is -2.21. The number of phenols is 1. The molecule has 0 radical (unpaired) electrons. The first-order valence-electron chi connectivity index (χ1n) is 9.91. The fourth-order valence-corrected chi connectivity index (χ4v) is 3.89. The van der Waals surface area contributed by atoms with E-state index in [4.69, 9.17) is 0 Å². The number of carbonyl (C=O) groups is 1. The van der Waals surface area contributed by atoms with Crippen molar-refractivity contribution in [1.82, 2.24) is 15.4 Å². The zero-order valence-electron chi connectivity index (χ0n) is 17.9. The summed E-state index contributed by atoms with van der Waals surface area (Å²) in [6.07, 6.45) is 0.556. The van der Waals surface area contributed by atoms with Gasteiger partial charge >= 0.3 is 0 Å². The van der Waals surface area contributed by atoms with Crippen LogP contribution < -0.4 is 11.0 Å². The van der Waals surface area contributed by atoms with Gasteiger partial charge in [0.1, 0.15) is 5.75 Å². The van der Waals surface area contributed by atoms with E-state index < -0.39 is 10.8 Å². The summed E-state index contributed by atoms with van der Waals surface area (Å²) in [6.45, 7) is 3.62. The molecule has 0 bridgehead atoms. The molecule has 10 nitrogen and oxygen atoms in total. The number of hydrogen-bond donors (Lipinski definition) is 3. The second-order valence-electron chi connectivity index (χ2n) is 6.93. The smallest absolute Gasteiger partial charge is 0.271 e. The van der Waals surface area contributed by atoms with Crippen molar-refractivity contribution in [2.45, 2.75) is 25.4 Å². The monoisotopic (exact) mass is 467 g/mol. The van der Waals surface area contributed by atoms with Gasteiger partial charge in [-0.25, -0.2) is 10.4 Å². The second-order valence-corrected chi connectivity index (χ2v) is 7.90. The van der Waals surface area contributed by atoms with Gasteiger partial charge < -0.3 is 10.1 Å². The van der Waals surface area contributed by atoms with E-state index in [-0.39, 0.29) is 28.3 Å². The van der Waals surface area contributed by atoms with E-state index in [1.807, 2.05) is 6.92 Å². The van der Waals surface area contributed by atoms with E-state index in [9.17, 15) is 24.8 Å². The zero-order chi connectivity index (χ0) is 24.0. The summed E-state index contributed by atoms with van der Waals surface area (Å²) in [5, 5.41) is 25.3. The molecule has 0 aliphatic heterocycles. The first-order chi connectivity index (χ1) is 15.8. The van der Waals surface area contributed by atoms with Crippen molar-refractivity contribution in [1.29, 1.82) is 0 Å². The lowest BCUT2D eigenvalue weighted by atomic mass is 10.1. The molecule has 0 spiro atoms. The molecule has 170 valence electrons. The summed E-state index contributed by atoms with van der Waals surface area (Å²) in [5.41, 5.74) is 4.24. The Morgan fingerprint density at radius 1 is 1.24 bits per heavy atom. The fourth-order valence-electron chi connectivity index (χ4n) is 3.02. The van der Waals surface area contributed by atoms with Crippen molar-refractivity contribution in [2.75, 3.05) is 5.75 Å². The fraction of sp³-hybridized carbons (Fsp3) is 0.182. The number of aromatic hydroxyl groups is 1. The molecule has 3 aromatic rings. The van der Waals surface area contributed by atoms with E-state index in [0.717, 1.165) is 0 Å². The summed E-state index contributed by atoms with van der Waals surface area (Å²) in [7, 11) is 0. The number of thioether (sulfide) groups is 1. The van der Waals surface area contributed by atoms with Crippen LogP contribution in [0.25, 0.3) is 0 Å². The van der Waals surface area contributed by atoms with Crippen molar-refractivity contribution in [3.05, 3.63) is 91.4 Å². The number of amides is 1. The van der Waals surface area contributed by atoms with E-state index in [2.05, 4.69) is 20.5 Å². The number of aryl methyl sites for hydroxylation is 1. The number of carbonyl (C=O) groups excluding carboxylic acids is 1. The summed E-state index contributed by atoms with van der Waals surface area (Å²) >= 11 is 1.18. The van der Waals surface area contributed by atoms with E-state index in [0.29, 0.717) is 34.1 Å². The Morgan fingerprint density at radius 2 is 1.97 bits per heavy atom. The van der Waals surface area contributed by atoms with Gasteiger partial charge in [0.15, 0.2) is 5.16 Å². The molecule has 0 atom stereocenters. The summed E-state index contributed by atoms with van der Waals surface area (Å²) in [4.78, 5) is 42.5. The highest BCUT2D eigenvalue weighted by atomic mass is 32.2. The number of benzene rings is 2. The van der Waals surface area contributed by atoms with Gasteiger partial charge in [0.25, 0.3) is 17.2 Å². The van der Waals surface area contributed by atoms with Crippen LogP contribution in [0.3, 0.4) is 0 Å². The Morgan fingerprint density at radius 3 is 2.64 bits per heavy atom. The largest absolute Gasteiger partial charge is 0.508 e. The second kappa shape index (κ2) is 10.6. The van der Waals surface area contributed by atoms with Crippen molar-refractivity contribution in [3.63, 3.8) is 0 Å². The van der Waals surface area contributed by atoms with Crippen LogP contribution in [0.5, 0.6) is 5.75 Å². The van der Waals surface area contributed by atoms with Crippen LogP contribution in [-0.4, -0.2) is 37.4 Å². The normalized spacial score (nSPS) is 11.3. The minimum Gasteiger partial charge on any atom is -0.508 e. The minimum absolute atomic E-state index is 0.0676. The molecule has 1 heterocycles. The van der Waals surface area contributed by atoms with E-state index in [1.54, 1.807) is 13.0 Å². The van der Waals surface area contributed by atoms with Gasteiger partial charge in [0, 0.05) is 40.3 Å². The number of rotatable bonds is 8. The van der Waals surface area contributed by atoms with E-state index >= 15 is 0 Å². The lowest BCUT2D eigenvalue weighted by molar-refractivity contribution is -0.384. The van der Waals surface area contributed by atoms with Crippen LogP contribution in [0.4, 0.5) is 5.69 Å². The molecule has 0 unspecified atom stereocenters. The molecule has 0 aliphatic rings. The first kappa shape index (κ1) is 23.7. The Balaban J connectivity index is 1.89. The quantitative estimate of drug-likeness (QED) is 0.151. The summed E-state index contributed by atoms with van der Waals surface area (Å²) in [5.74, 6) is -0.467. The minimum atomic E-state index is -0.562. The van der Waals surface area contributed by atoms with Gasteiger partial charge in [0.05, 0.1) is 10.6 Å². The van der Waals surface area contributed by atoms with Crippen LogP contribution in [0, 0.1) is 17.0 Å². The number of phenolic OH excluding ortho intramolecular Hbond substituents is 1. The number of hydrazone groups is 1. The molecule has 0 saturated carbocycles. The maximum atomic E-state index is 12.4. The van der Waals surface area contributed by atoms with Crippen LogP contribution in [-0.2, 0) is 6.42 Å².